The van der Waals surface area contributed by atoms with Gasteiger partial charge in [-0.05, 0) is 58.8 Å². The van der Waals surface area contributed by atoms with E-state index in [0.29, 0.717) is 0 Å². The molecule has 4 rings (SSSR count). The van der Waals surface area contributed by atoms with Crippen molar-refractivity contribution >= 4 is 13.9 Å². The Morgan fingerprint density at radius 3 is 1.91 bits per heavy atom. The normalized spacial score (nSPS) is 26.6. The van der Waals surface area contributed by atoms with E-state index in [1.54, 1.807) is 0 Å². The van der Waals surface area contributed by atoms with Crippen LogP contribution >= 0.6 is 7.72 Å². The minimum atomic E-state index is -2.45. The van der Waals surface area contributed by atoms with Gasteiger partial charge in [-0.1, -0.05) is 109 Å². The van der Waals surface area contributed by atoms with Crippen LogP contribution in [0.4, 0.5) is 0 Å². The van der Waals surface area contributed by atoms with Gasteiger partial charge < -0.3 is 0 Å². The maximum Gasteiger partial charge on any atom is 0.309 e. The maximum absolute atomic E-state index is 7.19. The molecule has 0 N–H and O–H groups in total. The second kappa shape index (κ2) is 15.2. The Morgan fingerprint density at radius 1 is 0.841 bits per heavy atom. The summed E-state index contributed by atoms with van der Waals surface area (Å²) in [6.45, 7) is 19.8. The molecule has 2 unspecified atom stereocenters. The predicted octanol–water partition coefficient (Wildman–Crippen LogP) is 11.3. The molecule has 1 aromatic rings. The lowest BCUT2D eigenvalue weighted by molar-refractivity contribution is -0.303. The Morgan fingerprint density at radius 2 is 1.39 bits per heavy atom. The molecule has 6 heteroatoms. The molecule has 3 aliphatic heterocycles. The van der Waals surface area contributed by atoms with Crippen molar-refractivity contribution in [3.63, 3.8) is 0 Å². The first-order valence-electron chi connectivity index (χ1n) is 17.8. The second-order valence-corrected chi connectivity index (χ2v) is 19.1. The average Bonchev–Trinajstić information content (AvgIpc) is 3.46. The summed E-state index contributed by atoms with van der Waals surface area (Å²) in [6.07, 6.45) is 22.8. The fraction of sp³-hybridized carbons (Fsp3) is 0.763. The van der Waals surface area contributed by atoms with Crippen molar-refractivity contribution in [3.8, 4) is 0 Å². The van der Waals surface area contributed by atoms with E-state index < -0.39 is 7.72 Å². The summed E-state index contributed by atoms with van der Waals surface area (Å²) in [6, 6.07) is 10.6. The lowest BCUT2D eigenvalue weighted by Crippen LogP contribution is -2.63. The fourth-order valence-electron chi connectivity index (χ4n) is 7.82. The van der Waals surface area contributed by atoms with E-state index in [2.05, 4.69) is 103 Å². The zero-order chi connectivity index (χ0) is 31.9. The highest BCUT2D eigenvalue weighted by molar-refractivity contribution is 7.69. The zero-order valence-electron chi connectivity index (χ0n) is 29.4. The van der Waals surface area contributed by atoms with Crippen molar-refractivity contribution in [2.24, 2.45) is 10.4 Å². The molecule has 0 aromatic heterocycles. The van der Waals surface area contributed by atoms with E-state index in [4.69, 9.17) is 18.9 Å². The van der Waals surface area contributed by atoms with Crippen LogP contribution in [0.1, 0.15) is 151 Å². The number of hydroxylamine groups is 2. The molecule has 2 atom stereocenters. The Bertz CT molecular complexity index is 1040. The SMILES string of the molecule is CCCCCCCCCCCCC1([P+]2(C3CC(C)(C)N(OC(C)c4ccccc4)C(C)(C)C3)OCC(C)(C)CO2)C=CC=N1. The van der Waals surface area contributed by atoms with Gasteiger partial charge in [0.15, 0.2) is 0 Å². The van der Waals surface area contributed by atoms with Crippen LogP contribution in [-0.4, -0.2) is 46.5 Å². The summed E-state index contributed by atoms with van der Waals surface area (Å²) < 4.78 is 14.4. The largest absolute Gasteiger partial charge is 0.309 e. The van der Waals surface area contributed by atoms with Crippen molar-refractivity contribution < 1.29 is 13.9 Å². The first-order chi connectivity index (χ1) is 20.9. The number of nitrogens with zero attached hydrogens (tertiary/aromatic N) is 2. The Balaban J connectivity index is 1.49. The van der Waals surface area contributed by atoms with Gasteiger partial charge in [-0.3, -0.25) is 4.84 Å². The van der Waals surface area contributed by atoms with Gasteiger partial charge in [-0.25, -0.2) is 14.0 Å². The van der Waals surface area contributed by atoms with Crippen LogP contribution in [-0.2, 0) is 13.9 Å². The molecule has 44 heavy (non-hydrogen) atoms. The Hall–Kier alpha value is -1.10. The zero-order valence-corrected chi connectivity index (χ0v) is 30.3. The van der Waals surface area contributed by atoms with Gasteiger partial charge in [-0.15, -0.1) is 0 Å². The third kappa shape index (κ3) is 8.43. The molecule has 0 spiro atoms. The Kier molecular flexibility index (Phi) is 12.4. The number of aliphatic imine (C=N–C) groups is 1. The molecular formula is C38H64N2O3P+. The van der Waals surface area contributed by atoms with Crippen LogP contribution in [0.2, 0.25) is 0 Å². The number of hydrogen-bond acceptors (Lipinski definition) is 5. The molecule has 0 bridgehead atoms. The quantitative estimate of drug-likeness (QED) is 0.135. The highest BCUT2D eigenvalue weighted by Gasteiger charge is 2.71. The van der Waals surface area contributed by atoms with Gasteiger partial charge in [0.05, 0.1) is 0 Å². The van der Waals surface area contributed by atoms with E-state index >= 15 is 0 Å². The first kappa shape index (κ1) is 35.7. The van der Waals surface area contributed by atoms with E-state index in [0.717, 1.165) is 32.5 Å². The topological polar surface area (TPSA) is 43.3 Å². The van der Waals surface area contributed by atoms with Crippen LogP contribution < -0.4 is 0 Å². The molecule has 0 saturated carbocycles. The number of hydrogen-bond donors (Lipinski definition) is 0. The molecule has 0 radical (unpaired) electrons. The minimum absolute atomic E-state index is 0.00775. The predicted molar refractivity (Wildman–Crippen MR) is 188 cm³/mol. The smallest absolute Gasteiger partial charge is 0.290 e. The van der Waals surface area contributed by atoms with Crippen molar-refractivity contribution in [1.29, 1.82) is 0 Å². The molecule has 248 valence electrons. The summed E-state index contributed by atoms with van der Waals surface area (Å²) >= 11 is 0. The van der Waals surface area contributed by atoms with E-state index in [1.807, 2.05) is 6.21 Å². The standard InChI is InChI=1S/C38H64N2O3P/c1-9-10-11-12-13-14-15-16-17-21-25-38(26-22-27-39-38)44(41-30-35(3,4)31-42-44)34-28-36(5,6)40(37(7,8)29-34)43-32(2)33-23-19-18-20-24-33/h18-20,22-24,26-27,32,34H,9-17,21,25,28-31H2,1-8H3/q+1. The first-order valence-corrected chi connectivity index (χ1v) is 19.5. The molecule has 5 nitrogen and oxygen atoms in total. The van der Waals surface area contributed by atoms with Crippen LogP contribution in [0.25, 0.3) is 0 Å². The summed E-state index contributed by atoms with van der Waals surface area (Å²) in [5.41, 5.74) is 1.08. The van der Waals surface area contributed by atoms with E-state index in [-0.39, 0.29) is 33.5 Å². The number of allylic oxidation sites excluding steroid dienone is 1. The van der Waals surface area contributed by atoms with Gasteiger partial charge in [0.2, 0.25) is 5.28 Å². The summed E-state index contributed by atoms with van der Waals surface area (Å²) in [5.74, 6) is 0. The van der Waals surface area contributed by atoms with Crippen molar-refractivity contribution in [3.05, 3.63) is 48.0 Å². The summed E-state index contributed by atoms with van der Waals surface area (Å²) in [5, 5.41) is 1.90. The van der Waals surface area contributed by atoms with Crippen LogP contribution in [0.5, 0.6) is 0 Å². The molecular weight excluding hydrogens is 563 g/mol. The van der Waals surface area contributed by atoms with Gasteiger partial charge in [0.25, 0.3) is 0 Å². The van der Waals surface area contributed by atoms with Gasteiger partial charge in [0, 0.05) is 42.0 Å². The average molecular weight is 628 g/mol. The number of rotatable bonds is 16. The van der Waals surface area contributed by atoms with Crippen molar-refractivity contribution in [2.75, 3.05) is 13.2 Å². The molecule has 2 saturated heterocycles. The van der Waals surface area contributed by atoms with Gasteiger partial charge in [0.1, 0.15) is 25.0 Å². The lowest BCUT2D eigenvalue weighted by atomic mass is 9.81. The number of unbranched alkanes of at least 4 members (excludes halogenated alkanes) is 9. The highest BCUT2D eigenvalue weighted by Crippen LogP contribution is 2.81. The number of piperidine rings is 1. The van der Waals surface area contributed by atoms with Gasteiger partial charge in [-0.2, -0.15) is 5.06 Å². The molecule has 3 aliphatic rings. The van der Waals surface area contributed by atoms with Gasteiger partial charge >= 0.3 is 7.72 Å². The summed E-state index contributed by atoms with van der Waals surface area (Å²) in [7, 11) is -2.45. The fourth-order valence-corrected chi connectivity index (χ4v) is 12.8. The van der Waals surface area contributed by atoms with Crippen LogP contribution in [0.3, 0.4) is 0 Å². The van der Waals surface area contributed by atoms with E-state index in [9.17, 15) is 0 Å². The second-order valence-electron chi connectivity index (χ2n) is 15.9. The molecule has 0 aliphatic carbocycles. The molecule has 1 aromatic carbocycles. The minimum Gasteiger partial charge on any atom is -0.290 e. The van der Waals surface area contributed by atoms with Crippen molar-refractivity contribution in [2.45, 2.75) is 167 Å². The molecule has 2 fully saturated rings. The van der Waals surface area contributed by atoms with Crippen LogP contribution in [0, 0.1) is 5.41 Å². The maximum atomic E-state index is 7.19. The van der Waals surface area contributed by atoms with Crippen LogP contribution in [0.15, 0.2) is 47.5 Å². The highest BCUT2D eigenvalue weighted by atomic mass is 31.2. The lowest BCUT2D eigenvalue weighted by Gasteiger charge is -2.56. The van der Waals surface area contributed by atoms with E-state index in [1.165, 1.54) is 69.8 Å². The summed E-state index contributed by atoms with van der Waals surface area (Å²) in [4.78, 5) is 12.1. The number of benzene rings is 1. The third-order valence-corrected chi connectivity index (χ3v) is 14.0. The third-order valence-electron chi connectivity index (χ3n) is 10.1. The Labute approximate surface area is 271 Å². The molecule has 3 heterocycles. The van der Waals surface area contributed by atoms with Crippen molar-refractivity contribution in [1.82, 2.24) is 5.06 Å². The molecule has 0 amide bonds. The monoisotopic (exact) mass is 627 g/mol.